The second-order valence-corrected chi connectivity index (χ2v) is 5.54. The topological polar surface area (TPSA) is 58.4 Å². The zero-order valence-electron chi connectivity index (χ0n) is 13.0. The van der Waals surface area contributed by atoms with E-state index >= 15 is 0 Å². The predicted octanol–water partition coefficient (Wildman–Crippen LogP) is 2.33. The van der Waals surface area contributed by atoms with Crippen molar-refractivity contribution in [2.45, 2.75) is 26.3 Å². The van der Waals surface area contributed by atoms with Crippen LogP contribution in [0.25, 0.3) is 0 Å². The summed E-state index contributed by atoms with van der Waals surface area (Å²) in [7, 11) is 0. The second-order valence-electron chi connectivity index (χ2n) is 5.54. The van der Waals surface area contributed by atoms with Crippen LogP contribution in [0.15, 0.2) is 34.9 Å². The molecular formula is C17H21N3O2. The fourth-order valence-electron chi connectivity index (χ4n) is 3.00. The van der Waals surface area contributed by atoms with Crippen LogP contribution in [0.2, 0.25) is 0 Å². The average molecular weight is 299 g/mol. The molecule has 5 nitrogen and oxygen atoms in total. The SMILES string of the molecule is CCc1noc(C)c1C(=O)N1CCNCC1c1ccccc1. The third-order valence-corrected chi connectivity index (χ3v) is 4.17. The van der Waals surface area contributed by atoms with Gasteiger partial charge in [0, 0.05) is 19.6 Å². The molecule has 1 unspecified atom stereocenters. The Morgan fingerprint density at radius 2 is 2.18 bits per heavy atom. The van der Waals surface area contributed by atoms with E-state index in [1.165, 1.54) is 0 Å². The van der Waals surface area contributed by atoms with E-state index in [1.54, 1.807) is 6.92 Å². The summed E-state index contributed by atoms with van der Waals surface area (Å²) >= 11 is 0. The summed E-state index contributed by atoms with van der Waals surface area (Å²) in [4.78, 5) is 15.0. The Hall–Kier alpha value is -2.14. The fourth-order valence-corrected chi connectivity index (χ4v) is 3.00. The number of piperazine rings is 1. The Morgan fingerprint density at radius 3 is 2.91 bits per heavy atom. The number of aromatic nitrogens is 1. The van der Waals surface area contributed by atoms with Gasteiger partial charge in [0.15, 0.2) is 0 Å². The maximum atomic E-state index is 13.0. The molecule has 1 amide bonds. The molecule has 5 heteroatoms. The second kappa shape index (κ2) is 6.32. The van der Waals surface area contributed by atoms with Gasteiger partial charge in [-0.05, 0) is 18.9 Å². The van der Waals surface area contributed by atoms with Crippen LogP contribution in [0.4, 0.5) is 0 Å². The maximum absolute atomic E-state index is 13.0. The molecule has 1 atom stereocenters. The van der Waals surface area contributed by atoms with Gasteiger partial charge in [-0.25, -0.2) is 0 Å². The van der Waals surface area contributed by atoms with E-state index in [4.69, 9.17) is 4.52 Å². The van der Waals surface area contributed by atoms with Gasteiger partial charge in [0.1, 0.15) is 11.3 Å². The highest BCUT2D eigenvalue weighted by atomic mass is 16.5. The summed E-state index contributed by atoms with van der Waals surface area (Å²) in [5, 5.41) is 7.38. The van der Waals surface area contributed by atoms with Gasteiger partial charge in [-0.1, -0.05) is 42.4 Å². The van der Waals surface area contributed by atoms with Crippen LogP contribution in [0.1, 0.15) is 40.3 Å². The van der Waals surface area contributed by atoms with E-state index in [0.717, 1.165) is 24.3 Å². The average Bonchev–Trinajstić information content (AvgIpc) is 2.96. The molecule has 1 N–H and O–H groups in total. The number of benzene rings is 1. The Morgan fingerprint density at radius 1 is 1.41 bits per heavy atom. The molecule has 3 rings (SSSR count). The molecule has 1 aliphatic heterocycles. The molecule has 2 aromatic rings. The number of rotatable bonds is 3. The van der Waals surface area contributed by atoms with Gasteiger partial charge < -0.3 is 14.7 Å². The molecule has 1 aliphatic rings. The third kappa shape index (κ3) is 2.64. The smallest absolute Gasteiger partial charge is 0.259 e. The minimum Gasteiger partial charge on any atom is -0.361 e. The quantitative estimate of drug-likeness (QED) is 0.945. The summed E-state index contributed by atoms with van der Waals surface area (Å²) in [5.41, 5.74) is 2.52. The highest BCUT2D eigenvalue weighted by Gasteiger charge is 2.32. The zero-order valence-corrected chi connectivity index (χ0v) is 13.0. The summed E-state index contributed by atoms with van der Waals surface area (Å²) in [6.07, 6.45) is 0.695. The van der Waals surface area contributed by atoms with Crippen LogP contribution >= 0.6 is 0 Å². The van der Waals surface area contributed by atoms with E-state index in [1.807, 2.05) is 30.0 Å². The number of nitrogens with zero attached hydrogens (tertiary/aromatic N) is 2. The van der Waals surface area contributed by atoms with E-state index in [-0.39, 0.29) is 11.9 Å². The number of aryl methyl sites for hydroxylation is 2. The molecule has 1 saturated heterocycles. The lowest BCUT2D eigenvalue weighted by Crippen LogP contribution is -2.48. The molecule has 0 radical (unpaired) electrons. The van der Waals surface area contributed by atoms with Gasteiger partial charge in [0.2, 0.25) is 0 Å². The maximum Gasteiger partial charge on any atom is 0.259 e. The largest absolute Gasteiger partial charge is 0.361 e. The number of nitrogens with one attached hydrogen (secondary N) is 1. The highest BCUT2D eigenvalue weighted by Crippen LogP contribution is 2.26. The molecule has 1 aromatic carbocycles. The molecular weight excluding hydrogens is 278 g/mol. The molecule has 0 bridgehead atoms. The van der Waals surface area contributed by atoms with E-state index < -0.39 is 0 Å². The molecule has 1 aromatic heterocycles. The van der Waals surface area contributed by atoms with Gasteiger partial charge in [0.05, 0.1) is 11.7 Å². The van der Waals surface area contributed by atoms with Crippen LogP contribution in [-0.4, -0.2) is 35.6 Å². The standard InChI is InChI=1S/C17H21N3O2/c1-3-14-16(12(2)22-19-14)17(21)20-10-9-18-11-15(20)13-7-5-4-6-8-13/h4-8,15,18H,3,9-11H2,1-2H3. The number of carbonyl (C=O) groups is 1. The summed E-state index contributed by atoms with van der Waals surface area (Å²) < 4.78 is 5.23. The lowest BCUT2D eigenvalue weighted by atomic mass is 10.0. The van der Waals surface area contributed by atoms with Crippen molar-refractivity contribution in [2.75, 3.05) is 19.6 Å². The molecule has 1 fully saturated rings. The minimum absolute atomic E-state index is 0.0194. The summed E-state index contributed by atoms with van der Waals surface area (Å²) in [6, 6.07) is 10.2. The molecule has 0 saturated carbocycles. The van der Waals surface area contributed by atoms with Crippen LogP contribution in [0, 0.1) is 6.92 Å². The Labute approximate surface area is 130 Å². The summed E-state index contributed by atoms with van der Waals surface area (Å²) in [6.45, 7) is 6.05. The third-order valence-electron chi connectivity index (χ3n) is 4.17. The van der Waals surface area contributed by atoms with Crippen LogP contribution in [-0.2, 0) is 6.42 Å². The zero-order chi connectivity index (χ0) is 15.5. The number of amides is 1. The van der Waals surface area contributed by atoms with Gasteiger partial charge in [-0.15, -0.1) is 0 Å². The van der Waals surface area contributed by atoms with E-state index in [9.17, 15) is 4.79 Å². The first-order valence-electron chi connectivity index (χ1n) is 7.74. The predicted molar refractivity (Wildman–Crippen MR) is 83.7 cm³/mol. The van der Waals surface area contributed by atoms with Gasteiger partial charge >= 0.3 is 0 Å². The van der Waals surface area contributed by atoms with Gasteiger partial charge in [-0.3, -0.25) is 4.79 Å². The van der Waals surface area contributed by atoms with Gasteiger partial charge in [0.25, 0.3) is 5.91 Å². The minimum atomic E-state index is 0.0194. The van der Waals surface area contributed by atoms with Crippen LogP contribution in [0.5, 0.6) is 0 Å². The van der Waals surface area contributed by atoms with Crippen molar-refractivity contribution in [2.24, 2.45) is 0 Å². The van der Waals surface area contributed by atoms with Crippen molar-refractivity contribution in [1.82, 2.24) is 15.4 Å². The van der Waals surface area contributed by atoms with E-state index in [2.05, 4.69) is 22.6 Å². The number of hydrogen-bond donors (Lipinski definition) is 1. The normalized spacial score (nSPS) is 18.5. The molecule has 0 aliphatic carbocycles. The van der Waals surface area contributed by atoms with Crippen molar-refractivity contribution < 1.29 is 9.32 Å². The molecule has 2 heterocycles. The Bertz CT molecular complexity index is 651. The number of hydrogen-bond acceptors (Lipinski definition) is 4. The lowest BCUT2D eigenvalue weighted by Gasteiger charge is -2.36. The van der Waals surface area contributed by atoms with Crippen molar-refractivity contribution in [3.8, 4) is 0 Å². The highest BCUT2D eigenvalue weighted by molar-refractivity contribution is 5.96. The Kier molecular flexibility index (Phi) is 4.24. The monoisotopic (exact) mass is 299 g/mol. The van der Waals surface area contributed by atoms with Crippen molar-refractivity contribution in [3.05, 3.63) is 52.9 Å². The first-order chi connectivity index (χ1) is 10.7. The molecule has 22 heavy (non-hydrogen) atoms. The van der Waals surface area contributed by atoms with Crippen molar-refractivity contribution in [3.63, 3.8) is 0 Å². The van der Waals surface area contributed by atoms with E-state index in [0.29, 0.717) is 24.3 Å². The first-order valence-corrected chi connectivity index (χ1v) is 7.74. The van der Waals surface area contributed by atoms with Crippen molar-refractivity contribution in [1.29, 1.82) is 0 Å². The Balaban J connectivity index is 1.94. The number of carbonyl (C=O) groups excluding carboxylic acids is 1. The lowest BCUT2D eigenvalue weighted by molar-refractivity contribution is 0.0631. The van der Waals surface area contributed by atoms with Crippen molar-refractivity contribution >= 4 is 5.91 Å². The van der Waals surface area contributed by atoms with Gasteiger partial charge in [-0.2, -0.15) is 0 Å². The molecule has 116 valence electrons. The van der Waals surface area contributed by atoms with Crippen LogP contribution in [0.3, 0.4) is 0 Å². The first kappa shape index (κ1) is 14.8. The van der Waals surface area contributed by atoms with Crippen LogP contribution < -0.4 is 5.32 Å². The fraction of sp³-hybridized carbons (Fsp3) is 0.412. The molecule has 0 spiro atoms. The summed E-state index contributed by atoms with van der Waals surface area (Å²) in [5.74, 6) is 0.623.